The summed E-state index contributed by atoms with van der Waals surface area (Å²) in [6, 6.07) is 0. The SMILES string of the molecule is CCCCCCCC(C)CCCCCC(C)COS(=O)(=O)O. The number of hydrogen-bond acceptors (Lipinski definition) is 3. The molecule has 4 nitrogen and oxygen atoms in total. The third kappa shape index (κ3) is 16.2. The Bertz CT molecular complexity index is 341. The molecule has 0 aliphatic heterocycles. The average Bonchev–Trinajstić information content (AvgIpc) is 2.44. The maximum atomic E-state index is 10.5. The molecule has 1 N–H and O–H groups in total. The topological polar surface area (TPSA) is 63.6 Å². The van der Waals surface area contributed by atoms with Gasteiger partial charge in [0, 0.05) is 0 Å². The van der Waals surface area contributed by atoms with Crippen molar-refractivity contribution in [2.24, 2.45) is 11.8 Å². The third-order valence-corrected chi connectivity index (χ3v) is 4.63. The molecule has 2 atom stereocenters. The molecule has 0 heterocycles. The Labute approximate surface area is 138 Å². The van der Waals surface area contributed by atoms with Crippen LogP contribution in [-0.2, 0) is 14.6 Å². The average molecular weight is 337 g/mol. The van der Waals surface area contributed by atoms with Crippen LogP contribution in [0.5, 0.6) is 0 Å². The van der Waals surface area contributed by atoms with Crippen molar-refractivity contribution in [3.8, 4) is 0 Å². The second kappa shape index (κ2) is 13.3. The van der Waals surface area contributed by atoms with Crippen molar-refractivity contribution in [2.75, 3.05) is 6.61 Å². The molecule has 0 aromatic carbocycles. The summed E-state index contributed by atoms with van der Waals surface area (Å²) >= 11 is 0. The molecule has 5 heteroatoms. The highest BCUT2D eigenvalue weighted by Crippen LogP contribution is 2.19. The summed E-state index contributed by atoms with van der Waals surface area (Å²) < 4.78 is 33.8. The highest BCUT2D eigenvalue weighted by atomic mass is 32.3. The fourth-order valence-corrected chi connectivity index (χ4v) is 3.09. The van der Waals surface area contributed by atoms with Crippen molar-refractivity contribution in [3.63, 3.8) is 0 Å². The Morgan fingerprint density at radius 3 is 1.77 bits per heavy atom. The molecule has 134 valence electrons. The summed E-state index contributed by atoms with van der Waals surface area (Å²) in [7, 11) is -4.28. The van der Waals surface area contributed by atoms with Crippen LogP contribution in [0.3, 0.4) is 0 Å². The van der Waals surface area contributed by atoms with Gasteiger partial charge >= 0.3 is 10.4 Å². The molecular weight excluding hydrogens is 300 g/mol. The van der Waals surface area contributed by atoms with Crippen LogP contribution in [-0.4, -0.2) is 19.6 Å². The molecule has 2 unspecified atom stereocenters. The summed E-state index contributed by atoms with van der Waals surface area (Å²) in [5.74, 6) is 0.986. The number of hydrogen-bond donors (Lipinski definition) is 1. The number of rotatable bonds is 15. The van der Waals surface area contributed by atoms with Crippen LogP contribution >= 0.6 is 0 Å². The zero-order valence-electron chi connectivity index (χ0n) is 14.7. The largest absolute Gasteiger partial charge is 0.397 e. The first-order valence-corrected chi connectivity index (χ1v) is 10.3. The molecule has 22 heavy (non-hydrogen) atoms. The Morgan fingerprint density at radius 2 is 1.27 bits per heavy atom. The van der Waals surface area contributed by atoms with Crippen molar-refractivity contribution < 1.29 is 17.2 Å². The van der Waals surface area contributed by atoms with E-state index in [0.717, 1.165) is 18.8 Å². The van der Waals surface area contributed by atoms with E-state index in [0.29, 0.717) is 0 Å². The monoisotopic (exact) mass is 336 g/mol. The molecule has 0 saturated heterocycles. The summed E-state index contributed by atoms with van der Waals surface area (Å²) in [6.07, 6.45) is 13.9. The van der Waals surface area contributed by atoms with E-state index in [1.54, 1.807) is 0 Å². The van der Waals surface area contributed by atoms with Crippen LogP contribution in [0, 0.1) is 11.8 Å². The quantitative estimate of drug-likeness (QED) is 0.322. The summed E-state index contributed by atoms with van der Waals surface area (Å²) in [5, 5.41) is 0. The van der Waals surface area contributed by atoms with Crippen LogP contribution in [0.2, 0.25) is 0 Å². The van der Waals surface area contributed by atoms with Crippen molar-refractivity contribution in [1.29, 1.82) is 0 Å². The second-order valence-electron chi connectivity index (χ2n) is 6.76. The number of unbranched alkanes of at least 4 members (excludes halogenated alkanes) is 6. The molecule has 0 rings (SSSR count). The highest BCUT2D eigenvalue weighted by molar-refractivity contribution is 7.80. The van der Waals surface area contributed by atoms with Gasteiger partial charge in [-0.1, -0.05) is 85.0 Å². The van der Waals surface area contributed by atoms with Gasteiger partial charge in [0.15, 0.2) is 0 Å². The van der Waals surface area contributed by atoms with Crippen LogP contribution < -0.4 is 0 Å². The lowest BCUT2D eigenvalue weighted by atomic mass is 9.95. The zero-order valence-corrected chi connectivity index (χ0v) is 15.5. The Balaban J connectivity index is 3.40. The molecule has 0 amide bonds. The fourth-order valence-electron chi connectivity index (χ4n) is 2.69. The molecule has 0 aromatic rings. The maximum Gasteiger partial charge on any atom is 0.397 e. The molecule has 0 aliphatic carbocycles. The predicted octanol–water partition coefficient (Wildman–Crippen LogP) is 5.39. The first-order valence-electron chi connectivity index (χ1n) is 8.97. The standard InChI is InChI=1S/C17H36O4S/c1-4-5-6-7-9-12-16(2)13-10-8-11-14-17(3)15-21-22(18,19)20/h16-17H,4-15H2,1-3H3,(H,18,19,20). The van der Waals surface area contributed by atoms with E-state index in [4.69, 9.17) is 4.55 Å². The van der Waals surface area contributed by atoms with E-state index in [1.165, 1.54) is 57.8 Å². The second-order valence-corrected chi connectivity index (χ2v) is 7.85. The minimum atomic E-state index is -4.28. The molecule has 0 saturated carbocycles. The Kier molecular flexibility index (Phi) is 13.2. The van der Waals surface area contributed by atoms with Crippen LogP contribution in [0.15, 0.2) is 0 Å². The molecule has 0 fully saturated rings. The van der Waals surface area contributed by atoms with Gasteiger partial charge in [0.25, 0.3) is 0 Å². The van der Waals surface area contributed by atoms with Crippen molar-refractivity contribution in [2.45, 2.75) is 91.4 Å². The van der Waals surface area contributed by atoms with Crippen LogP contribution in [0.25, 0.3) is 0 Å². The van der Waals surface area contributed by atoms with Gasteiger partial charge in [0.2, 0.25) is 0 Å². The zero-order chi connectivity index (χ0) is 16.8. The fraction of sp³-hybridized carbons (Fsp3) is 1.00. The lowest BCUT2D eigenvalue weighted by Crippen LogP contribution is -2.11. The van der Waals surface area contributed by atoms with Crippen LogP contribution in [0.1, 0.15) is 91.4 Å². The third-order valence-electron chi connectivity index (χ3n) is 4.20. The lowest BCUT2D eigenvalue weighted by molar-refractivity contribution is 0.222. The molecule has 0 aromatic heterocycles. The van der Waals surface area contributed by atoms with Gasteiger partial charge in [-0.3, -0.25) is 4.55 Å². The van der Waals surface area contributed by atoms with Gasteiger partial charge in [-0.15, -0.1) is 0 Å². The van der Waals surface area contributed by atoms with E-state index in [1.807, 2.05) is 6.92 Å². The van der Waals surface area contributed by atoms with Crippen molar-refractivity contribution in [3.05, 3.63) is 0 Å². The minimum absolute atomic E-state index is 0.0764. The summed E-state index contributed by atoms with van der Waals surface area (Å²) in [6.45, 7) is 6.62. The van der Waals surface area contributed by atoms with Crippen LogP contribution in [0.4, 0.5) is 0 Å². The summed E-state index contributed by atoms with van der Waals surface area (Å²) in [5.41, 5.74) is 0. The Morgan fingerprint density at radius 1 is 0.818 bits per heavy atom. The van der Waals surface area contributed by atoms with Gasteiger partial charge in [-0.2, -0.15) is 8.42 Å². The first-order chi connectivity index (χ1) is 10.3. The normalized spacial score (nSPS) is 14.9. The first kappa shape index (κ1) is 21.9. The van der Waals surface area contributed by atoms with Gasteiger partial charge in [0.1, 0.15) is 0 Å². The molecule has 0 aliphatic rings. The van der Waals surface area contributed by atoms with E-state index in [-0.39, 0.29) is 12.5 Å². The van der Waals surface area contributed by atoms with Gasteiger partial charge < -0.3 is 0 Å². The van der Waals surface area contributed by atoms with Gasteiger partial charge in [0.05, 0.1) is 6.61 Å². The predicted molar refractivity (Wildman–Crippen MR) is 92.3 cm³/mol. The van der Waals surface area contributed by atoms with E-state index >= 15 is 0 Å². The molecule has 0 spiro atoms. The van der Waals surface area contributed by atoms with E-state index in [9.17, 15) is 8.42 Å². The molecular formula is C17H36O4S. The van der Waals surface area contributed by atoms with Crippen molar-refractivity contribution >= 4 is 10.4 Å². The molecule has 0 radical (unpaired) electrons. The van der Waals surface area contributed by atoms with E-state index in [2.05, 4.69) is 18.0 Å². The Hall–Kier alpha value is -0.130. The van der Waals surface area contributed by atoms with Gasteiger partial charge in [-0.05, 0) is 18.3 Å². The lowest BCUT2D eigenvalue weighted by Gasteiger charge is -2.12. The van der Waals surface area contributed by atoms with Gasteiger partial charge in [-0.25, -0.2) is 4.18 Å². The highest BCUT2D eigenvalue weighted by Gasteiger charge is 2.09. The smallest absolute Gasteiger partial charge is 0.264 e. The summed E-state index contributed by atoms with van der Waals surface area (Å²) in [4.78, 5) is 0. The molecule has 0 bridgehead atoms. The van der Waals surface area contributed by atoms with E-state index < -0.39 is 10.4 Å². The van der Waals surface area contributed by atoms with Crippen molar-refractivity contribution in [1.82, 2.24) is 0 Å². The minimum Gasteiger partial charge on any atom is -0.264 e. The maximum absolute atomic E-state index is 10.5.